The van der Waals surface area contributed by atoms with Crippen molar-refractivity contribution in [1.29, 1.82) is 0 Å². The number of rotatable bonds is 4. The molecular weight excluding hydrogens is 144 g/mol. The highest BCUT2D eigenvalue weighted by molar-refractivity contribution is 5.09. The zero-order valence-corrected chi connectivity index (χ0v) is 8.13. The molecule has 0 nitrogen and oxygen atoms in total. The smallest absolute Gasteiger partial charge is 0.0199 e. The van der Waals surface area contributed by atoms with E-state index in [1.165, 1.54) is 38.5 Å². The van der Waals surface area contributed by atoms with Crippen molar-refractivity contribution in [2.24, 2.45) is 17.8 Å². The van der Waals surface area contributed by atoms with Gasteiger partial charge < -0.3 is 0 Å². The lowest BCUT2D eigenvalue weighted by Gasteiger charge is -2.17. The van der Waals surface area contributed by atoms with E-state index in [2.05, 4.69) is 19.1 Å². The fourth-order valence-corrected chi connectivity index (χ4v) is 2.88. The first-order valence-corrected chi connectivity index (χ1v) is 5.58. The lowest BCUT2D eigenvalue weighted by atomic mass is 9.89. The van der Waals surface area contributed by atoms with Crippen molar-refractivity contribution < 1.29 is 0 Å². The zero-order valence-electron chi connectivity index (χ0n) is 8.13. The van der Waals surface area contributed by atoms with Crippen LogP contribution in [0.2, 0.25) is 0 Å². The van der Waals surface area contributed by atoms with Gasteiger partial charge in [-0.2, -0.15) is 0 Å². The van der Waals surface area contributed by atoms with E-state index in [1.807, 2.05) is 0 Å². The summed E-state index contributed by atoms with van der Waals surface area (Å²) in [7, 11) is 0. The van der Waals surface area contributed by atoms with E-state index in [0.717, 1.165) is 17.8 Å². The molecule has 0 spiro atoms. The molecule has 0 amide bonds. The van der Waals surface area contributed by atoms with E-state index < -0.39 is 0 Å². The van der Waals surface area contributed by atoms with Crippen molar-refractivity contribution >= 4 is 0 Å². The van der Waals surface area contributed by atoms with Gasteiger partial charge in [-0.15, -0.1) is 0 Å². The van der Waals surface area contributed by atoms with Crippen LogP contribution in [0, 0.1) is 17.8 Å². The van der Waals surface area contributed by atoms with Crippen LogP contribution in [0.5, 0.6) is 0 Å². The highest BCUT2D eigenvalue weighted by Crippen LogP contribution is 2.45. The maximum absolute atomic E-state index is 2.48. The number of allylic oxidation sites excluding steroid dienone is 2. The van der Waals surface area contributed by atoms with Crippen molar-refractivity contribution in [2.45, 2.75) is 45.4 Å². The van der Waals surface area contributed by atoms with Gasteiger partial charge in [-0.3, -0.25) is 0 Å². The Hall–Kier alpha value is -0.260. The van der Waals surface area contributed by atoms with Crippen LogP contribution in [-0.4, -0.2) is 0 Å². The molecule has 1 saturated carbocycles. The van der Waals surface area contributed by atoms with E-state index in [4.69, 9.17) is 0 Å². The molecule has 0 aromatic heterocycles. The van der Waals surface area contributed by atoms with Crippen LogP contribution in [0.25, 0.3) is 0 Å². The third-order valence-corrected chi connectivity index (χ3v) is 3.59. The minimum absolute atomic E-state index is 0.974. The molecule has 1 fully saturated rings. The van der Waals surface area contributed by atoms with Crippen LogP contribution < -0.4 is 0 Å². The topological polar surface area (TPSA) is 0 Å². The minimum Gasteiger partial charge on any atom is -0.0851 e. The Kier molecular flexibility index (Phi) is 2.53. The van der Waals surface area contributed by atoms with E-state index in [0.29, 0.717) is 0 Å². The summed E-state index contributed by atoms with van der Waals surface area (Å²) >= 11 is 0. The summed E-state index contributed by atoms with van der Waals surface area (Å²) in [6.45, 7) is 2.29. The van der Waals surface area contributed by atoms with Gasteiger partial charge in [0.05, 0.1) is 0 Å². The largest absolute Gasteiger partial charge is 0.0851 e. The van der Waals surface area contributed by atoms with E-state index in [-0.39, 0.29) is 0 Å². The standard InChI is InChI=1S/C12H20/c1-2-3-4-5-11-8-10-6-7-12(11)9-10/h6-7,10-12H,2-5,8-9H2,1H3/t10-,11-,12-/m0/s1. The molecule has 0 aliphatic heterocycles. The molecular formula is C12H20. The third-order valence-electron chi connectivity index (χ3n) is 3.59. The van der Waals surface area contributed by atoms with Crippen LogP contribution in [0.15, 0.2) is 12.2 Å². The van der Waals surface area contributed by atoms with Crippen LogP contribution >= 0.6 is 0 Å². The third kappa shape index (κ3) is 1.57. The minimum atomic E-state index is 0.974. The molecule has 0 saturated heterocycles. The van der Waals surface area contributed by atoms with E-state index in [9.17, 15) is 0 Å². The average Bonchev–Trinajstić information content (AvgIpc) is 2.65. The number of fused-ring (bicyclic) bond motifs is 2. The zero-order chi connectivity index (χ0) is 8.39. The first kappa shape index (κ1) is 8.34. The summed E-state index contributed by atoms with van der Waals surface area (Å²) in [4.78, 5) is 0. The van der Waals surface area contributed by atoms with Crippen molar-refractivity contribution in [1.82, 2.24) is 0 Å². The molecule has 68 valence electrons. The molecule has 0 unspecified atom stereocenters. The second kappa shape index (κ2) is 3.64. The lowest BCUT2D eigenvalue weighted by molar-refractivity contribution is 0.397. The van der Waals surface area contributed by atoms with Gasteiger partial charge in [0, 0.05) is 0 Å². The van der Waals surface area contributed by atoms with Gasteiger partial charge in [0.25, 0.3) is 0 Å². The lowest BCUT2D eigenvalue weighted by Crippen LogP contribution is -2.06. The Morgan fingerprint density at radius 3 is 2.67 bits per heavy atom. The molecule has 2 aliphatic carbocycles. The Bertz CT molecular complexity index is 169. The fraction of sp³-hybridized carbons (Fsp3) is 0.833. The monoisotopic (exact) mass is 164 g/mol. The van der Waals surface area contributed by atoms with Gasteiger partial charge in [0.2, 0.25) is 0 Å². The van der Waals surface area contributed by atoms with E-state index >= 15 is 0 Å². The fourth-order valence-electron chi connectivity index (χ4n) is 2.88. The van der Waals surface area contributed by atoms with Crippen LogP contribution in [-0.2, 0) is 0 Å². The van der Waals surface area contributed by atoms with Crippen molar-refractivity contribution in [3.8, 4) is 0 Å². The van der Waals surface area contributed by atoms with Crippen molar-refractivity contribution in [2.75, 3.05) is 0 Å². The second-order valence-corrected chi connectivity index (χ2v) is 4.54. The SMILES string of the molecule is CCCCC[C@H]1C[C@@H]2C=C[C@H]1C2. The number of unbranched alkanes of at least 4 members (excludes halogenated alkanes) is 2. The number of hydrogen-bond donors (Lipinski definition) is 0. The normalized spacial score (nSPS) is 37.9. The molecule has 0 aromatic rings. The molecule has 3 atom stereocenters. The maximum atomic E-state index is 2.48. The summed E-state index contributed by atoms with van der Waals surface area (Å²) in [5.41, 5.74) is 0. The maximum Gasteiger partial charge on any atom is -0.0199 e. The van der Waals surface area contributed by atoms with Crippen LogP contribution in [0.1, 0.15) is 45.4 Å². The molecule has 0 heteroatoms. The second-order valence-electron chi connectivity index (χ2n) is 4.54. The number of hydrogen-bond acceptors (Lipinski definition) is 0. The Morgan fingerprint density at radius 1 is 1.17 bits per heavy atom. The molecule has 0 radical (unpaired) electrons. The van der Waals surface area contributed by atoms with Gasteiger partial charge in [-0.25, -0.2) is 0 Å². The van der Waals surface area contributed by atoms with Gasteiger partial charge in [-0.1, -0.05) is 38.3 Å². The van der Waals surface area contributed by atoms with Crippen molar-refractivity contribution in [3.05, 3.63) is 12.2 Å². The van der Waals surface area contributed by atoms with Gasteiger partial charge in [0.1, 0.15) is 0 Å². The molecule has 0 N–H and O–H groups in total. The summed E-state index contributed by atoms with van der Waals surface area (Å²) in [5, 5.41) is 0. The highest BCUT2D eigenvalue weighted by Gasteiger charge is 2.34. The quantitative estimate of drug-likeness (QED) is 0.438. The highest BCUT2D eigenvalue weighted by atomic mass is 14.4. The molecule has 0 heterocycles. The predicted molar refractivity (Wildman–Crippen MR) is 53.0 cm³/mol. The Balaban J connectivity index is 1.73. The molecule has 2 bridgehead atoms. The predicted octanol–water partition coefficient (Wildman–Crippen LogP) is 3.78. The summed E-state index contributed by atoms with van der Waals surface area (Å²) < 4.78 is 0. The molecule has 2 rings (SSSR count). The van der Waals surface area contributed by atoms with Crippen molar-refractivity contribution in [3.63, 3.8) is 0 Å². The van der Waals surface area contributed by atoms with Gasteiger partial charge in [-0.05, 0) is 37.0 Å². The Labute approximate surface area is 76.1 Å². The van der Waals surface area contributed by atoms with Gasteiger partial charge >= 0.3 is 0 Å². The van der Waals surface area contributed by atoms with E-state index in [1.54, 1.807) is 0 Å². The summed E-state index contributed by atoms with van der Waals surface area (Å²) in [6, 6.07) is 0. The van der Waals surface area contributed by atoms with Crippen LogP contribution in [0.4, 0.5) is 0 Å². The first-order valence-electron chi connectivity index (χ1n) is 5.58. The summed E-state index contributed by atoms with van der Waals surface area (Å²) in [5.74, 6) is 3.01. The molecule has 0 aromatic carbocycles. The van der Waals surface area contributed by atoms with Gasteiger partial charge in [0.15, 0.2) is 0 Å². The average molecular weight is 164 g/mol. The van der Waals surface area contributed by atoms with Crippen LogP contribution in [0.3, 0.4) is 0 Å². The first-order chi connectivity index (χ1) is 5.90. The molecule has 2 aliphatic rings. The summed E-state index contributed by atoms with van der Waals surface area (Å²) in [6.07, 6.45) is 13.7. The Morgan fingerprint density at radius 2 is 2.08 bits per heavy atom. The molecule has 12 heavy (non-hydrogen) atoms.